The summed E-state index contributed by atoms with van der Waals surface area (Å²) in [7, 11) is 0. The number of nitrogens with zero attached hydrogens (tertiary/aromatic N) is 3. The highest BCUT2D eigenvalue weighted by Crippen LogP contribution is 2.45. The number of hydrogen-bond acceptors (Lipinski definition) is 3. The minimum absolute atomic E-state index is 0.163. The van der Waals surface area contributed by atoms with Crippen molar-refractivity contribution in [3.05, 3.63) is 107 Å². The Morgan fingerprint density at radius 3 is 2.30 bits per heavy atom. The van der Waals surface area contributed by atoms with E-state index in [1.165, 1.54) is 5.56 Å². The van der Waals surface area contributed by atoms with Gasteiger partial charge in [-0.15, -0.1) is 0 Å². The number of aryl methyl sites for hydroxylation is 2. The first-order chi connectivity index (χ1) is 16.0. The van der Waals surface area contributed by atoms with Crippen molar-refractivity contribution in [2.75, 3.05) is 4.90 Å². The third kappa shape index (κ3) is 3.56. The number of aromatic nitrogens is 2. The Bertz CT molecular complexity index is 1330. The van der Waals surface area contributed by atoms with E-state index in [0.717, 1.165) is 28.3 Å². The average molecular weight is 455 g/mol. The second-order valence-electron chi connectivity index (χ2n) is 8.43. The third-order valence-electron chi connectivity index (χ3n) is 6.38. The van der Waals surface area contributed by atoms with Crippen molar-refractivity contribution in [3.63, 3.8) is 0 Å². The predicted octanol–water partition coefficient (Wildman–Crippen LogP) is 5.68. The molecule has 5 nitrogen and oxygen atoms in total. The van der Waals surface area contributed by atoms with Gasteiger partial charge in [0, 0.05) is 23.3 Å². The Morgan fingerprint density at radius 2 is 1.61 bits per heavy atom. The SMILES string of the molecule is Cc1ccccc1-n1c(C)cc([C@H]2[C@H](c3ccccn3)NC(=S)N2c2ccccc2O)c1C. The summed E-state index contributed by atoms with van der Waals surface area (Å²) in [6.07, 6.45) is 1.80. The molecule has 0 bridgehead atoms. The largest absolute Gasteiger partial charge is 0.506 e. The van der Waals surface area contributed by atoms with E-state index in [9.17, 15) is 5.11 Å². The highest BCUT2D eigenvalue weighted by Gasteiger charge is 2.43. The zero-order valence-electron chi connectivity index (χ0n) is 18.9. The maximum Gasteiger partial charge on any atom is 0.174 e. The van der Waals surface area contributed by atoms with Gasteiger partial charge in [-0.2, -0.15) is 0 Å². The fraction of sp³-hybridized carbons (Fsp3) is 0.185. The molecule has 5 rings (SSSR count). The molecule has 0 radical (unpaired) electrons. The van der Waals surface area contributed by atoms with Crippen molar-refractivity contribution in [3.8, 4) is 11.4 Å². The summed E-state index contributed by atoms with van der Waals surface area (Å²) in [6.45, 7) is 6.41. The molecule has 1 aliphatic rings. The average Bonchev–Trinajstić information content (AvgIpc) is 3.30. The van der Waals surface area contributed by atoms with E-state index in [4.69, 9.17) is 12.2 Å². The number of para-hydroxylation sites is 3. The Morgan fingerprint density at radius 1 is 0.909 bits per heavy atom. The predicted molar refractivity (Wildman–Crippen MR) is 136 cm³/mol. The molecule has 1 aliphatic heterocycles. The number of pyridine rings is 1. The lowest BCUT2D eigenvalue weighted by molar-refractivity contribution is 0.472. The van der Waals surface area contributed by atoms with Crippen LogP contribution in [0.25, 0.3) is 5.69 Å². The second-order valence-corrected chi connectivity index (χ2v) is 8.82. The molecule has 4 aromatic rings. The maximum atomic E-state index is 10.7. The van der Waals surface area contributed by atoms with Crippen LogP contribution < -0.4 is 10.2 Å². The van der Waals surface area contributed by atoms with Gasteiger partial charge in [-0.05, 0) is 80.5 Å². The van der Waals surface area contributed by atoms with Crippen molar-refractivity contribution in [1.82, 2.24) is 14.9 Å². The van der Waals surface area contributed by atoms with Crippen LogP contribution in [0.4, 0.5) is 5.69 Å². The molecule has 2 atom stereocenters. The third-order valence-corrected chi connectivity index (χ3v) is 6.70. The lowest BCUT2D eigenvalue weighted by atomic mass is 9.96. The Labute approximate surface area is 199 Å². The van der Waals surface area contributed by atoms with Crippen molar-refractivity contribution < 1.29 is 5.11 Å². The summed E-state index contributed by atoms with van der Waals surface area (Å²) in [6, 6.07) is 23.5. The van der Waals surface area contributed by atoms with E-state index in [1.807, 2.05) is 41.3 Å². The molecule has 0 aliphatic carbocycles. The van der Waals surface area contributed by atoms with Crippen LogP contribution in [0.3, 0.4) is 0 Å². The van der Waals surface area contributed by atoms with Crippen LogP contribution in [0.2, 0.25) is 0 Å². The first-order valence-corrected chi connectivity index (χ1v) is 11.4. The normalized spacial score (nSPS) is 17.9. The standard InChI is InChI=1S/C27H26N4OS/c1-17-10-4-5-12-22(17)30-18(2)16-20(19(30)3)26-25(21-11-8-9-15-28-21)29-27(33)31(26)23-13-6-7-14-24(23)32/h4-16,25-26,32H,1-3H3,(H,29,33)/t25-,26-/m0/s1. The molecule has 0 spiro atoms. The number of benzene rings is 2. The van der Waals surface area contributed by atoms with Gasteiger partial charge in [-0.3, -0.25) is 4.98 Å². The van der Waals surface area contributed by atoms with E-state index < -0.39 is 0 Å². The Hall–Kier alpha value is -3.64. The van der Waals surface area contributed by atoms with Gasteiger partial charge in [-0.25, -0.2) is 0 Å². The number of thiocarbonyl (C=S) groups is 1. The van der Waals surface area contributed by atoms with E-state index >= 15 is 0 Å². The molecular weight excluding hydrogens is 428 g/mol. The quantitative estimate of drug-likeness (QED) is 0.389. The smallest absolute Gasteiger partial charge is 0.174 e. The number of aromatic hydroxyl groups is 1. The number of hydrogen-bond donors (Lipinski definition) is 2. The number of phenolic OH excluding ortho intramolecular Hbond substituents is 1. The highest BCUT2D eigenvalue weighted by atomic mass is 32.1. The lowest BCUT2D eigenvalue weighted by Gasteiger charge is -2.28. The fourth-order valence-corrected chi connectivity index (χ4v) is 5.21. The van der Waals surface area contributed by atoms with Crippen molar-refractivity contribution in [2.45, 2.75) is 32.9 Å². The number of anilines is 1. The van der Waals surface area contributed by atoms with Gasteiger partial charge in [0.2, 0.25) is 0 Å². The van der Waals surface area contributed by atoms with Gasteiger partial charge in [-0.1, -0.05) is 36.4 Å². The van der Waals surface area contributed by atoms with E-state index in [2.05, 4.69) is 66.0 Å². The summed E-state index contributed by atoms with van der Waals surface area (Å²) in [4.78, 5) is 6.66. The molecule has 0 amide bonds. The van der Waals surface area contributed by atoms with Crippen LogP contribution in [0.5, 0.6) is 5.75 Å². The van der Waals surface area contributed by atoms with Crippen LogP contribution in [0, 0.1) is 20.8 Å². The zero-order chi connectivity index (χ0) is 23.1. The van der Waals surface area contributed by atoms with Gasteiger partial charge in [0.1, 0.15) is 5.75 Å². The van der Waals surface area contributed by atoms with Gasteiger partial charge in [0.25, 0.3) is 0 Å². The second kappa shape index (κ2) is 8.37. The summed E-state index contributed by atoms with van der Waals surface area (Å²) in [5, 5.41) is 14.7. The molecule has 1 fully saturated rings. The van der Waals surface area contributed by atoms with Crippen LogP contribution >= 0.6 is 12.2 Å². The fourth-order valence-electron chi connectivity index (χ4n) is 4.87. The summed E-state index contributed by atoms with van der Waals surface area (Å²) in [5.74, 6) is 0.195. The van der Waals surface area contributed by atoms with Crippen molar-refractivity contribution >= 4 is 23.0 Å². The molecule has 3 heterocycles. The van der Waals surface area contributed by atoms with E-state index in [1.54, 1.807) is 12.3 Å². The topological polar surface area (TPSA) is 53.3 Å². The molecule has 33 heavy (non-hydrogen) atoms. The molecule has 2 N–H and O–H groups in total. The molecule has 1 saturated heterocycles. The summed E-state index contributed by atoms with van der Waals surface area (Å²) < 4.78 is 2.30. The van der Waals surface area contributed by atoms with Crippen LogP contribution in [-0.4, -0.2) is 19.8 Å². The maximum absolute atomic E-state index is 10.7. The molecule has 6 heteroatoms. The minimum Gasteiger partial charge on any atom is -0.506 e. The lowest BCUT2D eigenvalue weighted by Crippen LogP contribution is -2.29. The van der Waals surface area contributed by atoms with Crippen LogP contribution in [0.1, 0.15) is 40.3 Å². The van der Waals surface area contributed by atoms with E-state index in [-0.39, 0.29) is 17.8 Å². The number of phenols is 1. The highest BCUT2D eigenvalue weighted by molar-refractivity contribution is 7.80. The molecule has 0 unspecified atom stereocenters. The number of rotatable bonds is 4. The van der Waals surface area contributed by atoms with Crippen molar-refractivity contribution in [2.24, 2.45) is 0 Å². The van der Waals surface area contributed by atoms with Crippen LogP contribution in [0.15, 0.2) is 79.0 Å². The first-order valence-electron chi connectivity index (χ1n) is 11.0. The first kappa shape index (κ1) is 21.2. The number of nitrogens with one attached hydrogen (secondary N) is 1. The Kier molecular flexibility index (Phi) is 5.38. The molecule has 166 valence electrons. The Balaban J connectivity index is 1.71. The minimum atomic E-state index is -0.176. The van der Waals surface area contributed by atoms with Crippen LogP contribution in [-0.2, 0) is 0 Å². The van der Waals surface area contributed by atoms with Crippen molar-refractivity contribution in [1.29, 1.82) is 0 Å². The van der Waals surface area contributed by atoms with Gasteiger partial charge < -0.3 is 19.9 Å². The molecule has 2 aromatic heterocycles. The molecule has 2 aromatic carbocycles. The zero-order valence-corrected chi connectivity index (χ0v) is 19.7. The monoisotopic (exact) mass is 454 g/mol. The van der Waals surface area contributed by atoms with Gasteiger partial charge >= 0.3 is 0 Å². The summed E-state index contributed by atoms with van der Waals surface area (Å²) >= 11 is 5.80. The molecule has 0 saturated carbocycles. The summed E-state index contributed by atoms with van der Waals surface area (Å²) in [5.41, 5.74) is 7.39. The molecular formula is C27H26N4OS. The van der Waals surface area contributed by atoms with E-state index in [0.29, 0.717) is 10.8 Å². The van der Waals surface area contributed by atoms with Gasteiger partial charge in [0.05, 0.1) is 23.5 Å². The van der Waals surface area contributed by atoms with Gasteiger partial charge in [0.15, 0.2) is 5.11 Å².